The van der Waals surface area contributed by atoms with Gasteiger partial charge in [0.15, 0.2) is 0 Å². The van der Waals surface area contributed by atoms with Crippen LogP contribution in [0.25, 0.3) is 0 Å². The molecule has 3 rings (SSSR count). The summed E-state index contributed by atoms with van der Waals surface area (Å²) in [5.41, 5.74) is 3.66. The molecule has 0 spiro atoms. The van der Waals surface area contributed by atoms with E-state index in [0.717, 1.165) is 22.6 Å². The first-order valence-corrected chi connectivity index (χ1v) is 7.90. The number of anilines is 3. The molecule has 0 aromatic heterocycles. The maximum absolute atomic E-state index is 11.5. The summed E-state index contributed by atoms with van der Waals surface area (Å²) in [5, 5.41) is 9.46. The minimum atomic E-state index is -0.830. The second-order valence-corrected chi connectivity index (χ2v) is 5.63. The fourth-order valence-electron chi connectivity index (χ4n) is 2.77. The van der Waals surface area contributed by atoms with Gasteiger partial charge in [0.2, 0.25) is 0 Å². The van der Waals surface area contributed by atoms with Gasteiger partial charge in [-0.15, -0.1) is 0 Å². The highest BCUT2D eigenvalue weighted by Gasteiger charge is 2.22. The zero-order chi connectivity index (χ0) is 16.9. The van der Waals surface area contributed by atoms with Crippen molar-refractivity contribution in [2.24, 2.45) is 0 Å². The number of hydrogen-bond acceptors (Lipinski definition) is 2. The summed E-state index contributed by atoms with van der Waals surface area (Å²) in [6, 6.07) is 27.6. The largest absolute Gasteiger partial charge is 0.481 e. The number of hydrogen-bond donors (Lipinski definition) is 1. The number of aliphatic carboxylic acids is 1. The molecule has 0 bridgehead atoms. The second kappa shape index (κ2) is 7.01. The summed E-state index contributed by atoms with van der Waals surface area (Å²) < 4.78 is 0. The minimum Gasteiger partial charge on any atom is -0.481 e. The Labute approximate surface area is 141 Å². The van der Waals surface area contributed by atoms with Gasteiger partial charge >= 0.3 is 5.97 Å². The van der Waals surface area contributed by atoms with E-state index in [2.05, 4.69) is 4.90 Å². The number of carboxylic acids is 1. The van der Waals surface area contributed by atoms with E-state index in [0.29, 0.717) is 0 Å². The quantitative estimate of drug-likeness (QED) is 0.690. The number of para-hydroxylation sites is 3. The Morgan fingerprint density at radius 1 is 0.792 bits per heavy atom. The van der Waals surface area contributed by atoms with E-state index in [1.165, 1.54) is 0 Å². The summed E-state index contributed by atoms with van der Waals surface area (Å²) in [4.78, 5) is 13.6. The maximum Gasteiger partial charge on any atom is 0.310 e. The van der Waals surface area contributed by atoms with Gasteiger partial charge in [0, 0.05) is 11.4 Å². The molecule has 24 heavy (non-hydrogen) atoms. The third-order valence-electron chi connectivity index (χ3n) is 4.04. The second-order valence-electron chi connectivity index (χ2n) is 5.63. The van der Waals surface area contributed by atoms with Crippen LogP contribution in [-0.2, 0) is 4.79 Å². The lowest BCUT2D eigenvalue weighted by Crippen LogP contribution is -2.16. The molecule has 3 nitrogen and oxygen atoms in total. The van der Waals surface area contributed by atoms with Crippen LogP contribution in [0.15, 0.2) is 84.9 Å². The van der Waals surface area contributed by atoms with Crippen LogP contribution in [-0.4, -0.2) is 11.1 Å². The molecular weight excluding hydrogens is 298 g/mol. The molecule has 1 atom stereocenters. The van der Waals surface area contributed by atoms with Crippen LogP contribution in [0.4, 0.5) is 17.1 Å². The van der Waals surface area contributed by atoms with E-state index in [1.54, 1.807) is 6.92 Å². The van der Waals surface area contributed by atoms with E-state index in [9.17, 15) is 9.90 Å². The van der Waals surface area contributed by atoms with Gasteiger partial charge < -0.3 is 10.0 Å². The Kier molecular flexibility index (Phi) is 4.62. The van der Waals surface area contributed by atoms with E-state index in [-0.39, 0.29) is 0 Å². The molecule has 0 aliphatic heterocycles. The van der Waals surface area contributed by atoms with Gasteiger partial charge in [-0.25, -0.2) is 0 Å². The van der Waals surface area contributed by atoms with E-state index >= 15 is 0 Å². The van der Waals surface area contributed by atoms with Crippen LogP contribution >= 0.6 is 0 Å². The molecule has 0 fully saturated rings. The lowest BCUT2D eigenvalue weighted by Gasteiger charge is -2.28. The normalized spacial score (nSPS) is 11.7. The summed E-state index contributed by atoms with van der Waals surface area (Å²) in [6.07, 6.45) is 0. The molecule has 0 heterocycles. The number of nitrogens with zero attached hydrogens (tertiary/aromatic N) is 1. The highest BCUT2D eigenvalue weighted by atomic mass is 16.4. The van der Waals surface area contributed by atoms with Gasteiger partial charge in [-0.3, -0.25) is 4.79 Å². The van der Waals surface area contributed by atoms with Crippen LogP contribution in [0.3, 0.4) is 0 Å². The third-order valence-corrected chi connectivity index (χ3v) is 4.04. The van der Waals surface area contributed by atoms with Gasteiger partial charge in [-0.1, -0.05) is 54.6 Å². The van der Waals surface area contributed by atoms with E-state index in [1.807, 2.05) is 84.9 Å². The minimum absolute atomic E-state index is 0.587. The molecule has 0 amide bonds. The molecular formula is C21H19NO2. The fourth-order valence-corrected chi connectivity index (χ4v) is 2.77. The number of carboxylic acid groups (broad SMARTS) is 1. The monoisotopic (exact) mass is 317 g/mol. The first kappa shape index (κ1) is 15.8. The molecule has 0 aliphatic carbocycles. The Balaban J connectivity index is 2.19. The zero-order valence-corrected chi connectivity index (χ0v) is 13.5. The van der Waals surface area contributed by atoms with E-state index < -0.39 is 11.9 Å². The highest BCUT2D eigenvalue weighted by molar-refractivity contribution is 5.84. The van der Waals surface area contributed by atoms with Crippen molar-refractivity contribution >= 4 is 23.0 Å². The van der Waals surface area contributed by atoms with E-state index in [4.69, 9.17) is 0 Å². The highest BCUT2D eigenvalue weighted by Crippen LogP contribution is 2.38. The average molecular weight is 317 g/mol. The molecule has 120 valence electrons. The molecule has 0 radical (unpaired) electrons. The molecule has 1 unspecified atom stereocenters. The van der Waals surface area contributed by atoms with Crippen LogP contribution in [0.1, 0.15) is 18.4 Å². The van der Waals surface area contributed by atoms with Crippen molar-refractivity contribution in [2.75, 3.05) is 4.90 Å². The molecule has 0 saturated carbocycles. The van der Waals surface area contributed by atoms with Crippen molar-refractivity contribution in [3.05, 3.63) is 90.5 Å². The first-order valence-electron chi connectivity index (χ1n) is 7.90. The van der Waals surface area contributed by atoms with Crippen molar-refractivity contribution in [1.29, 1.82) is 0 Å². The van der Waals surface area contributed by atoms with Crippen molar-refractivity contribution < 1.29 is 9.90 Å². The Morgan fingerprint density at radius 3 is 1.75 bits per heavy atom. The first-order chi connectivity index (χ1) is 11.7. The van der Waals surface area contributed by atoms with Gasteiger partial charge in [0.25, 0.3) is 0 Å². The molecule has 1 N–H and O–H groups in total. The summed E-state index contributed by atoms with van der Waals surface area (Å²) in [5.74, 6) is -1.42. The van der Waals surface area contributed by atoms with Crippen LogP contribution in [0.5, 0.6) is 0 Å². The number of rotatable bonds is 5. The topological polar surface area (TPSA) is 40.5 Å². The van der Waals surface area contributed by atoms with Gasteiger partial charge in [-0.2, -0.15) is 0 Å². The van der Waals surface area contributed by atoms with Crippen LogP contribution < -0.4 is 4.90 Å². The number of carbonyl (C=O) groups is 1. The summed E-state index contributed by atoms with van der Waals surface area (Å²) in [6.45, 7) is 1.72. The SMILES string of the molecule is CC(C(=O)O)c1ccccc1N(c1ccccc1)c1ccccc1. The predicted octanol–water partition coefficient (Wildman–Crippen LogP) is 5.34. The van der Waals surface area contributed by atoms with Gasteiger partial charge in [0.05, 0.1) is 11.6 Å². The smallest absolute Gasteiger partial charge is 0.310 e. The van der Waals surface area contributed by atoms with Crippen LogP contribution in [0.2, 0.25) is 0 Å². The number of benzene rings is 3. The van der Waals surface area contributed by atoms with Crippen molar-refractivity contribution in [3.63, 3.8) is 0 Å². The molecule has 0 aliphatic rings. The van der Waals surface area contributed by atoms with Gasteiger partial charge in [0.1, 0.15) is 0 Å². The van der Waals surface area contributed by atoms with Crippen LogP contribution in [0, 0.1) is 0 Å². The molecule has 3 heteroatoms. The Morgan fingerprint density at radius 2 is 1.25 bits per heavy atom. The molecule has 3 aromatic rings. The standard InChI is InChI=1S/C21H19NO2/c1-16(21(23)24)19-14-8-9-15-20(19)22(17-10-4-2-5-11-17)18-12-6-3-7-13-18/h2-16H,1H3,(H,23,24). The lowest BCUT2D eigenvalue weighted by atomic mass is 9.98. The van der Waals surface area contributed by atoms with Gasteiger partial charge in [-0.05, 0) is 42.8 Å². The third kappa shape index (κ3) is 3.15. The Bertz CT molecular complexity index is 776. The van der Waals surface area contributed by atoms with Crippen molar-refractivity contribution in [3.8, 4) is 0 Å². The lowest BCUT2D eigenvalue weighted by molar-refractivity contribution is -0.138. The van der Waals surface area contributed by atoms with Crippen molar-refractivity contribution in [2.45, 2.75) is 12.8 Å². The summed E-state index contributed by atoms with van der Waals surface area (Å²) in [7, 11) is 0. The zero-order valence-electron chi connectivity index (χ0n) is 13.5. The fraction of sp³-hybridized carbons (Fsp3) is 0.0952. The summed E-state index contributed by atoms with van der Waals surface area (Å²) >= 11 is 0. The maximum atomic E-state index is 11.5. The van der Waals surface area contributed by atoms with Crippen molar-refractivity contribution in [1.82, 2.24) is 0 Å². The average Bonchev–Trinajstić information content (AvgIpc) is 2.63. The predicted molar refractivity (Wildman–Crippen MR) is 97.2 cm³/mol. The molecule has 3 aromatic carbocycles. The Hall–Kier alpha value is -3.07. The molecule has 0 saturated heterocycles.